The molecule has 0 aliphatic rings. The van der Waals surface area contributed by atoms with Crippen molar-refractivity contribution in [2.24, 2.45) is 0 Å². The van der Waals surface area contributed by atoms with E-state index >= 15 is 0 Å². The van der Waals surface area contributed by atoms with Crippen LogP contribution in [0.15, 0.2) is 77.7 Å². The van der Waals surface area contributed by atoms with E-state index in [1.54, 1.807) is 11.8 Å². The zero-order valence-electron chi connectivity index (χ0n) is 15.7. The number of fused-ring (bicyclic) bond motifs is 1. The number of hydrogen-bond acceptors (Lipinski definition) is 4. The molecule has 0 saturated heterocycles. The highest BCUT2D eigenvalue weighted by molar-refractivity contribution is 7.98. The predicted molar refractivity (Wildman–Crippen MR) is 119 cm³/mol. The number of hydrogen-bond donors (Lipinski definition) is 0. The normalized spacial score (nSPS) is 10.7. The molecule has 0 bridgehead atoms. The number of aromatic nitrogens is 1. The maximum atomic E-state index is 8.91. The summed E-state index contributed by atoms with van der Waals surface area (Å²) in [5, 5.41) is 10.4. The molecule has 0 spiro atoms. The van der Waals surface area contributed by atoms with E-state index in [-0.39, 0.29) is 0 Å². The first kappa shape index (κ1) is 19.3. The smallest absolute Gasteiger partial charge is 0.136 e. The largest absolute Gasteiger partial charge is 0.489 e. The van der Waals surface area contributed by atoms with E-state index in [2.05, 4.69) is 23.2 Å². The quantitative estimate of drug-likeness (QED) is 0.267. The number of nitrogens with zero attached hydrogens (tertiary/aromatic N) is 2. The zero-order chi connectivity index (χ0) is 20.2. The van der Waals surface area contributed by atoms with Crippen molar-refractivity contribution in [3.63, 3.8) is 0 Å². The van der Waals surface area contributed by atoms with Crippen LogP contribution in [0.5, 0.6) is 5.75 Å². The summed E-state index contributed by atoms with van der Waals surface area (Å²) in [5.74, 6) is 0.760. The van der Waals surface area contributed by atoms with Crippen molar-refractivity contribution >= 4 is 34.3 Å². The SMILES string of the molecule is CSc1ccc2cc(COc3ccc(-c4ccc(C#N)cc4)cc3)c(Cl)nc2c1. The van der Waals surface area contributed by atoms with E-state index < -0.39 is 0 Å². The lowest BCUT2D eigenvalue weighted by Crippen LogP contribution is -1.98. The van der Waals surface area contributed by atoms with Gasteiger partial charge in [0.25, 0.3) is 0 Å². The molecule has 0 fully saturated rings. The third-order valence-corrected chi connectivity index (χ3v) is 5.70. The second-order valence-electron chi connectivity index (χ2n) is 6.50. The summed E-state index contributed by atoms with van der Waals surface area (Å²) in [4.78, 5) is 5.67. The molecular formula is C24H17ClN2OS. The molecule has 142 valence electrons. The lowest BCUT2D eigenvalue weighted by Gasteiger charge is -2.10. The Kier molecular flexibility index (Phi) is 5.71. The van der Waals surface area contributed by atoms with Gasteiger partial charge in [-0.15, -0.1) is 11.8 Å². The van der Waals surface area contributed by atoms with Crippen LogP contribution in [0.3, 0.4) is 0 Å². The highest BCUT2D eigenvalue weighted by Gasteiger charge is 2.07. The average molecular weight is 417 g/mol. The summed E-state index contributed by atoms with van der Waals surface area (Å²) in [5.41, 5.74) is 4.52. The van der Waals surface area contributed by atoms with Crippen LogP contribution in [0, 0.1) is 11.3 Å². The van der Waals surface area contributed by atoms with Gasteiger partial charge in [0.2, 0.25) is 0 Å². The summed E-state index contributed by atoms with van der Waals surface area (Å²) in [6, 6.07) is 25.7. The molecule has 29 heavy (non-hydrogen) atoms. The van der Waals surface area contributed by atoms with Crippen molar-refractivity contribution in [2.75, 3.05) is 6.26 Å². The first-order chi connectivity index (χ1) is 14.2. The third-order valence-electron chi connectivity index (χ3n) is 4.65. The van der Waals surface area contributed by atoms with Crippen LogP contribution in [0.4, 0.5) is 0 Å². The Bertz CT molecular complexity index is 1200. The number of pyridine rings is 1. The van der Waals surface area contributed by atoms with Gasteiger partial charge in [0.05, 0.1) is 17.1 Å². The Morgan fingerprint density at radius 1 is 0.966 bits per heavy atom. The van der Waals surface area contributed by atoms with Gasteiger partial charge in [0.15, 0.2) is 0 Å². The molecule has 0 N–H and O–H groups in total. The minimum absolute atomic E-state index is 0.349. The van der Waals surface area contributed by atoms with Gasteiger partial charge in [-0.3, -0.25) is 0 Å². The molecule has 0 radical (unpaired) electrons. The highest BCUT2D eigenvalue weighted by Crippen LogP contribution is 2.27. The van der Waals surface area contributed by atoms with Gasteiger partial charge in [0.1, 0.15) is 17.5 Å². The number of rotatable bonds is 5. The molecule has 1 aromatic heterocycles. The Hall–Kier alpha value is -3.00. The third kappa shape index (κ3) is 4.37. The van der Waals surface area contributed by atoms with Crippen molar-refractivity contribution in [1.82, 2.24) is 4.98 Å². The van der Waals surface area contributed by atoms with Crippen molar-refractivity contribution in [1.29, 1.82) is 5.26 Å². The lowest BCUT2D eigenvalue weighted by molar-refractivity contribution is 0.306. The second kappa shape index (κ2) is 8.57. The first-order valence-corrected chi connectivity index (χ1v) is 10.6. The fourth-order valence-corrected chi connectivity index (χ4v) is 3.67. The standard InChI is InChI=1S/C24H17ClN2OS/c1-29-22-11-8-19-12-20(24(25)27-23(19)13-22)15-28-21-9-6-18(7-10-21)17-4-2-16(14-26)3-5-17/h2-13H,15H2,1H3. The number of ether oxygens (including phenoxy) is 1. The van der Waals surface area contributed by atoms with Crippen LogP contribution in [0.25, 0.3) is 22.0 Å². The maximum Gasteiger partial charge on any atom is 0.136 e. The van der Waals surface area contributed by atoms with Crippen LogP contribution < -0.4 is 4.74 Å². The molecule has 4 rings (SSSR count). The van der Waals surface area contributed by atoms with Gasteiger partial charge < -0.3 is 4.74 Å². The van der Waals surface area contributed by atoms with Crippen LogP contribution in [-0.4, -0.2) is 11.2 Å². The number of thioether (sulfide) groups is 1. The summed E-state index contributed by atoms with van der Waals surface area (Å²) in [7, 11) is 0. The lowest BCUT2D eigenvalue weighted by atomic mass is 10.0. The van der Waals surface area contributed by atoms with Crippen molar-refractivity contribution in [3.8, 4) is 22.9 Å². The minimum atomic E-state index is 0.349. The first-order valence-electron chi connectivity index (χ1n) is 9.03. The van der Waals surface area contributed by atoms with Gasteiger partial charge in [0, 0.05) is 15.8 Å². The molecule has 0 atom stereocenters. The van der Waals surface area contributed by atoms with Crippen molar-refractivity contribution < 1.29 is 4.74 Å². The van der Waals surface area contributed by atoms with E-state index in [0.717, 1.165) is 38.2 Å². The second-order valence-corrected chi connectivity index (χ2v) is 7.74. The van der Waals surface area contributed by atoms with E-state index in [1.165, 1.54) is 0 Å². The van der Waals surface area contributed by atoms with E-state index in [4.69, 9.17) is 21.6 Å². The summed E-state index contributed by atoms with van der Waals surface area (Å²) >= 11 is 8.05. The molecule has 3 aromatic carbocycles. The fraction of sp³-hybridized carbons (Fsp3) is 0.0833. The number of benzene rings is 3. The minimum Gasteiger partial charge on any atom is -0.489 e. The Morgan fingerprint density at radius 3 is 2.31 bits per heavy atom. The molecule has 0 unspecified atom stereocenters. The Morgan fingerprint density at radius 2 is 1.66 bits per heavy atom. The monoisotopic (exact) mass is 416 g/mol. The van der Waals surface area contributed by atoms with Gasteiger partial charge >= 0.3 is 0 Å². The maximum absolute atomic E-state index is 8.91. The fourth-order valence-electron chi connectivity index (χ4n) is 3.04. The van der Waals surface area contributed by atoms with Crippen LogP contribution in [-0.2, 0) is 6.61 Å². The van der Waals surface area contributed by atoms with Crippen molar-refractivity contribution in [3.05, 3.63) is 89.1 Å². The predicted octanol–water partition coefficient (Wildman–Crippen LogP) is 6.73. The topological polar surface area (TPSA) is 45.9 Å². The van der Waals surface area contributed by atoms with Gasteiger partial charge in [-0.05, 0) is 59.8 Å². The summed E-state index contributed by atoms with van der Waals surface area (Å²) in [6.07, 6.45) is 2.04. The molecule has 0 saturated carbocycles. The molecular weight excluding hydrogens is 400 g/mol. The molecule has 0 aliphatic heterocycles. The number of halogens is 1. The molecule has 0 amide bonds. The van der Waals surface area contributed by atoms with Crippen LogP contribution in [0.2, 0.25) is 5.15 Å². The number of nitriles is 1. The van der Waals surface area contributed by atoms with Crippen LogP contribution >= 0.6 is 23.4 Å². The molecule has 4 aromatic rings. The summed E-state index contributed by atoms with van der Waals surface area (Å²) in [6.45, 7) is 0.349. The highest BCUT2D eigenvalue weighted by atomic mass is 35.5. The Labute approximate surface area is 178 Å². The van der Waals surface area contributed by atoms with Gasteiger partial charge in [-0.1, -0.05) is 41.9 Å². The molecule has 5 heteroatoms. The van der Waals surface area contributed by atoms with E-state index in [0.29, 0.717) is 17.3 Å². The zero-order valence-corrected chi connectivity index (χ0v) is 17.3. The molecule has 0 aliphatic carbocycles. The van der Waals surface area contributed by atoms with Crippen molar-refractivity contribution in [2.45, 2.75) is 11.5 Å². The van der Waals surface area contributed by atoms with Crippen LogP contribution in [0.1, 0.15) is 11.1 Å². The van der Waals surface area contributed by atoms with E-state index in [9.17, 15) is 0 Å². The molecule has 1 heterocycles. The average Bonchev–Trinajstić information content (AvgIpc) is 2.77. The van der Waals surface area contributed by atoms with Gasteiger partial charge in [-0.25, -0.2) is 4.98 Å². The van der Waals surface area contributed by atoms with E-state index in [1.807, 2.05) is 66.9 Å². The Balaban J connectivity index is 1.48. The summed E-state index contributed by atoms with van der Waals surface area (Å²) < 4.78 is 5.92. The van der Waals surface area contributed by atoms with Gasteiger partial charge in [-0.2, -0.15) is 5.26 Å². The molecule has 3 nitrogen and oxygen atoms in total.